The van der Waals surface area contributed by atoms with E-state index in [-0.39, 0.29) is 17.2 Å². The molecular formula is C30H35N5O6. The van der Waals surface area contributed by atoms with Crippen LogP contribution < -0.4 is 25.2 Å². The molecule has 0 atom stereocenters. The first kappa shape index (κ1) is 29.3. The fraction of sp³-hybridized carbons (Fsp3) is 0.333. The van der Waals surface area contributed by atoms with Crippen LogP contribution in [-0.4, -0.2) is 69.8 Å². The predicted molar refractivity (Wildman–Crippen MR) is 158 cm³/mol. The number of rotatable bonds is 12. The molecule has 3 aromatic rings. The molecule has 2 amide bonds. The fourth-order valence-corrected chi connectivity index (χ4v) is 4.70. The first-order chi connectivity index (χ1) is 19.9. The van der Waals surface area contributed by atoms with Crippen molar-refractivity contribution in [2.75, 3.05) is 68.2 Å². The van der Waals surface area contributed by atoms with Gasteiger partial charge >= 0.3 is 0 Å². The van der Waals surface area contributed by atoms with Crippen LogP contribution in [0.25, 0.3) is 0 Å². The van der Waals surface area contributed by atoms with Crippen molar-refractivity contribution >= 4 is 34.6 Å². The second kappa shape index (κ2) is 14.1. The highest BCUT2D eigenvalue weighted by molar-refractivity contribution is 6.06. The summed E-state index contributed by atoms with van der Waals surface area (Å²) in [5.74, 6) is 0.150. The molecule has 1 aliphatic rings. The number of hydrogen-bond donors (Lipinski definition) is 2. The van der Waals surface area contributed by atoms with E-state index in [1.54, 1.807) is 19.2 Å². The minimum absolute atomic E-state index is 0.0972. The van der Waals surface area contributed by atoms with Gasteiger partial charge in [0.05, 0.1) is 23.3 Å². The van der Waals surface area contributed by atoms with Crippen molar-refractivity contribution in [1.29, 1.82) is 0 Å². The van der Waals surface area contributed by atoms with E-state index in [0.29, 0.717) is 50.5 Å². The lowest BCUT2D eigenvalue weighted by Gasteiger charge is -2.38. The summed E-state index contributed by atoms with van der Waals surface area (Å²) in [6.45, 7) is 6.43. The zero-order valence-electron chi connectivity index (χ0n) is 23.3. The van der Waals surface area contributed by atoms with Crippen LogP contribution in [0.2, 0.25) is 0 Å². The van der Waals surface area contributed by atoms with Gasteiger partial charge in [-0.2, -0.15) is 0 Å². The number of ether oxygens (including phenoxy) is 2. The Hall–Kier alpha value is -4.64. The largest absolute Gasteiger partial charge is 0.495 e. The van der Waals surface area contributed by atoms with Crippen LogP contribution in [0.1, 0.15) is 34.1 Å². The summed E-state index contributed by atoms with van der Waals surface area (Å²) in [7, 11) is 1.66. The summed E-state index contributed by atoms with van der Waals surface area (Å²) < 4.78 is 10.9. The molecule has 0 saturated carbocycles. The quantitative estimate of drug-likeness (QED) is 0.190. The molecule has 1 heterocycles. The summed E-state index contributed by atoms with van der Waals surface area (Å²) >= 11 is 0. The average molecular weight is 562 g/mol. The number of nitrogens with zero attached hydrogens (tertiary/aromatic N) is 3. The van der Waals surface area contributed by atoms with Crippen LogP contribution in [0, 0.1) is 10.1 Å². The van der Waals surface area contributed by atoms with E-state index in [1.165, 1.54) is 24.3 Å². The number of nitro groups is 1. The highest BCUT2D eigenvalue weighted by Crippen LogP contribution is 2.31. The molecule has 0 aromatic heterocycles. The molecule has 216 valence electrons. The Morgan fingerprint density at radius 2 is 1.61 bits per heavy atom. The molecular weight excluding hydrogens is 526 g/mol. The van der Waals surface area contributed by atoms with E-state index >= 15 is 0 Å². The van der Waals surface area contributed by atoms with Crippen molar-refractivity contribution < 1.29 is 24.0 Å². The van der Waals surface area contributed by atoms with E-state index in [0.717, 1.165) is 30.2 Å². The normalized spacial score (nSPS) is 13.0. The number of para-hydroxylation sites is 2. The van der Waals surface area contributed by atoms with Gasteiger partial charge in [0, 0.05) is 75.0 Å². The van der Waals surface area contributed by atoms with Gasteiger partial charge in [0.15, 0.2) is 0 Å². The van der Waals surface area contributed by atoms with Crippen LogP contribution in [0.5, 0.6) is 5.75 Å². The summed E-state index contributed by atoms with van der Waals surface area (Å²) in [5, 5.41) is 16.7. The second-order valence-electron chi connectivity index (χ2n) is 9.44. The smallest absolute Gasteiger partial charge is 0.269 e. The summed E-state index contributed by atoms with van der Waals surface area (Å²) in [6.07, 6.45) is 0.684. The molecule has 1 saturated heterocycles. The first-order valence-corrected chi connectivity index (χ1v) is 13.6. The van der Waals surface area contributed by atoms with E-state index in [1.807, 2.05) is 37.3 Å². The van der Waals surface area contributed by atoms with Gasteiger partial charge in [0.2, 0.25) is 0 Å². The molecule has 0 unspecified atom stereocenters. The Bertz CT molecular complexity index is 1360. The minimum atomic E-state index is -0.518. The number of anilines is 3. The van der Waals surface area contributed by atoms with Crippen molar-refractivity contribution in [3.63, 3.8) is 0 Å². The van der Waals surface area contributed by atoms with E-state index in [2.05, 4.69) is 20.4 Å². The number of methoxy groups -OCH3 is 1. The van der Waals surface area contributed by atoms with E-state index < -0.39 is 10.8 Å². The van der Waals surface area contributed by atoms with Gasteiger partial charge in [-0.1, -0.05) is 12.1 Å². The highest BCUT2D eigenvalue weighted by Gasteiger charge is 2.24. The Morgan fingerprint density at radius 3 is 2.27 bits per heavy atom. The van der Waals surface area contributed by atoms with Gasteiger partial charge in [0.1, 0.15) is 5.75 Å². The molecule has 4 rings (SSSR count). The number of benzene rings is 3. The Labute approximate surface area is 239 Å². The van der Waals surface area contributed by atoms with Gasteiger partial charge in [-0.3, -0.25) is 19.7 Å². The Kier molecular flexibility index (Phi) is 10.1. The molecule has 0 aliphatic carbocycles. The number of piperazine rings is 1. The van der Waals surface area contributed by atoms with Gasteiger partial charge in [0.25, 0.3) is 17.5 Å². The van der Waals surface area contributed by atoms with Crippen LogP contribution in [0.4, 0.5) is 22.7 Å². The van der Waals surface area contributed by atoms with E-state index in [4.69, 9.17) is 9.47 Å². The van der Waals surface area contributed by atoms with Crippen molar-refractivity contribution in [2.45, 2.75) is 13.3 Å². The lowest BCUT2D eigenvalue weighted by molar-refractivity contribution is -0.384. The average Bonchev–Trinajstić information content (AvgIpc) is 3.01. The standard InChI is InChI=1S/C30H35N5O6/c1-3-41-20-6-15-31-30(37)25-21-23(32-29(36)22-9-12-24(13-10-22)35(38)39)11-14-26(25)33-16-18-34(19-17-33)27-7-4-5-8-28(27)40-2/h4-5,7-14,21H,3,6,15-20H2,1-2H3,(H,31,37)(H,32,36). The van der Waals surface area contributed by atoms with Crippen LogP contribution in [0.15, 0.2) is 66.7 Å². The third-order valence-corrected chi connectivity index (χ3v) is 6.84. The number of carbonyl (C=O) groups excluding carboxylic acids is 2. The van der Waals surface area contributed by atoms with Crippen LogP contribution in [0.3, 0.4) is 0 Å². The predicted octanol–water partition coefficient (Wildman–Crippen LogP) is 4.34. The van der Waals surface area contributed by atoms with Gasteiger partial charge in [-0.05, 0) is 55.8 Å². The summed E-state index contributed by atoms with van der Waals surface area (Å²) in [6, 6.07) is 18.6. The van der Waals surface area contributed by atoms with Gasteiger partial charge in [-0.15, -0.1) is 0 Å². The van der Waals surface area contributed by atoms with Gasteiger partial charge in [-0.25, -0.2) is 0 Å². The topological polar surface area (TPSA) is 126 Å². The molecule has 1 aliphatic heterocycles. The lowest BCUT2D eigenvalue weighted by Crippen LogP contribution is -2.47. The maximum atomic E-state index is 13.3. The lowest BCUT2D eigenvalue weighted by atomic mass is 10.1. The first-order valence-electron chi connectivity index (χ1n) is 13.6. The minimum Gasteiger partial charge on any atom is -0.495 e. The van der Waals surface area contributed by atoms with Crippen LogP contribution >= 0.6 is 0 Å². The molecule has 2 N–H and O–H groups in total. The highest BCUT2D eigenvalue weighted by atomic mass is 16.6. The number of hydrogen-bond acceptors (Lipinski definition) is 8. The monoisotopic (exact) mass is 561 g/mol. The maximum absolute atomic E-state index is 13.3. The molecule has 0 bridgehead atoms. The Balaban J connectivity index is 1.51. The molecule has 11 heteroatoms. The molecule has 41 heavy (non-hydrogen) atoms. The zero-order chi connectivity index (χ0) is 29.2. The van der Waals surface area contributed by atoms with Crippen molar-refractivity contribution in [1.82, 2.24) is 5.32 Å². The van der Waals surface area contributed by atoms with E-state index in [9.17, 15) is 19.7 Å². The molecule has 1 fully saturated rings. The summed E-state index contributed by atoms with van der Waals surface area (Å²) in [4.78, 5) is 41.0. The zero-order valence-corrected chi connectivity index (χ0v) is 23.3. The fourth-order valence-electron chi connectivity index (χ4n) is 4.70. The third-order valence-electron chi connectivity index (χ3n) is 6.84. The molecule has 0 spiro atoms. The second-order valence-corrected chi connectivity index (χ2v) is 9.44. The SMILES string of the molecule is CCOCCCNC(=O)c1cc(NC(=O)c2ccc([N+](=O)[O-])cc2)ccc1N1CCN(c2ccccc2OC)CC1. The molecule has 3 aromatic carbocycles. The number of nitrogens with one attached hydrogen (secondary N) is 2. The number of non-ortho nitro benzene ring substituents is 1. The number of carbonyl (C=O) groups is 2. The number of nitro benzene ring substituents is 1. The third kappa shape index (κ3) is 7.52. The van der Waals surface area contributed by atoms with Crippen molar-refractivity contribution in [2.24, 2.45) is 0 Å². The van der Waals surface area contributed by atoms with Crippen molar-refractivity contribution in [3.8, 4) is 5.75 Å². The van der Waals surface area contributed by atoms with Crippen molar-refractivity contribution in [3.05, 3.63) is 88.0 Å². The Morgan fingerprint density at radius 1 is 0.927 bits per heavy atom. The molecule has 0 radical (unpaired) electrons. The van der Waals surface area contributed by atoms with Crippen LogP contribution in [-0.2, 0) is 4.74 Å². The molecule has 11 nitrogen and oxygen atoms in total. The maximum Gasteiger partial charge on any atom is 0.269 e. The number of amides is 2. The summed E-state index contributed by atoms with van der Waals surface area (Å²) in [5.41, 5.74) is 2.89. The van der Waals surface area contributed by atoms with Gasteiger partial charge < -0.3 is 29.9 Å².